The van der Waals surface area contributed by atoms with Gasteiger partial charge in [0.1, 0.15) is 5.75 Å². The van der Waals surface area contributed by atoms with E-state index in [4.69, 9.17) is 9.47 Å². The summed E-state index contributed by atoms with van der Waals surface area (Å²) in [6, 6.07) is 16.4. The van der Waals surface area contributed by atoms with Crippen molar-refractivity contribution in [2.45, 2.75) is 18.6 Å². The zero-order chi connectivity index (χ0) is 20.4. The van der Waals surface area contributed by atoms with E-state index in [1.54, 1.807) is 14.2 Å². The lowest BCUT2D eigenvalue weighted by atomic mass is 10.1. The number of alkyl halides is 1. The number of nitrogens with one attached hydrogen (secondary N) is 2. The average molecular weight is 561 g/mol. The molecule has 1 amide bonds. The zero-order valence-electron chi connectivity index (χ0n) is 16.1. The Labute approximate surface area is 188 Å². The summed E-state index contributed by atoms with van der Waals surface area (Å²) in [5.41, 5.74) is 2.37. The zero-order valence-corrected chi connectivity index (χ0v) is 19.8. The highest BCUT2D eigenvalue weighted by Gasteiger charge is 2.14. The Morgan fingerprint density at radius 1 is 1.21 bits per heavy atom. The topological polar surface area (TPSA) is 59.6 Å². The van der Waals surface area contributed by atoms with Crippen molar-refractivity contribution in [3.05, 3.63) is 64.1 Å². The van der Waals surface area contributed by atoms with Crippen molar-refractivity contribution < 1.29 is 14.3 Å². The van der Waals surface area contributed by atoms with Crippen molar-refractivity contribution in [3.8, 4) is 5.75 Å². The standard InChI is InChI=1S/C21H26BrIN2O3/c1-24-21(26)14-28-19-8-6-15(7-9-19)10-18(12-23)25-13-20(27-2)16-4-3-5-17(22)11-16/h3-9,11,18,20,25H,10,12-14H2,1-2H3,(H,24,26). The largest absolute Gasteiger partial charge is 0.484 e. The molecule has 0 aromatic heterocycles. The molecule has 2 aromatic rings. The summed E-state index contributed by atoms with van der Waals surface area (Å²) in [4.78, 5) is 11.3. The average Bonchev–Trinajstić information content (AvgIpc) is 2.72. The van der Waals surface area contributed by atoms with Crippen LogP contribution in [-0.2, 0) is 16.0 Å². The molecule has 0 aliphatic rings. The van der Waals surface area contributed by atoms with E-state index in [0.717, 1.165) is 27.4 Å². The molecule has 5 nitrogen and oxygen atoms in total. The molecule has 7 heteroatoms. The van der Waals surface area contributed by atoms with Gasteiger partial charge in [-0.15, -0.1) is 0 Å². The maximum atomic E-state index is 11.3. The fourth-order valence-electron chi connectivity index (χ4n) is 2.73. The molecule has 152 valence electrons. The van der Waals surface area contributed by atoms with E-state index in [1.165, 1.54) is 5.56 Å². The van der Waals surface area contributed by atoms with Crippen molar-refractivity contribution >= 4 is 44.4 Å². The Hall–Kier alpha value is -1.16. The van der Waals surface area contributed by atoms with Crippen LogP contribution in [0, 0.1) is 0 Å². The van der Waals surface area contributed by atoms with Crippen molar-refractivity contribution in [2.75, 3.05) is 31.7 Å². The van der Waals surface area contributed by atoms with Crippen LogP contribution in [0.25, 0.3) is 0 Å². The molecule has 2 rings (SSSR count). The first-order chi connectivity index (χ1) is 13.5. The van der Waals surface area contributed by atoms with Crippen molar-refractivity contribution in [1.82, 2.24) is 10.6 Å². The van der Waals surface area contributed by atoms with Gasteiger partial charge in [0.25, 0.3) is 5.91 Å². The van der Waals surface area contributed by atoms with Gasteiger partial charge in [-0.2, -0.15) is 0 Å². The summed E-state index contributed by atoms with van der Waals surface area (Å²) in [6.07, 6.45) is 0.913. The number of ether oxygens (including phenoxy) is 2. The van der Waals surface area contributed by atoms with Crippen LogP contribution in [0.3, 0.4) is 0 Å². The first kappa shape index (κ1) is 23.1. The Morgan fingerprint density at radius 2 is 1.96 bits per heavy atom. The van der Waals surface area contributed by atoms with E-state index in [1.807, 2.05) is 36.4 Å². The summed E-state index contributed by atoms with van der Waals surface area (Å²) in [5.74, 6) is 0.553. The van der Waals surface area contributed by atoms with Gasteiger partial charge in [0.15, 0.2) is 6.61 Å². The Balaban J connectivity index is 1.88. The molecule has 0 saturated carbocycles. The number of hydrogen-bond donors (Lipinski definition) is 2. The van der Waals surface area contributed by atoms with Gasteiger partial charge in [-0.1, -0.05) is 62.8 Å². The predicted molar refractivity (Wildman–Crippen MR) is 124 cm³/mol. The molecule has 0 spiro atoms. The van der Waals surface area contributed by atoms with Gasteiger partial charge in [-0.05, 0) is 41.8 Å². The lowest BCUT2D eigenvalue weighted by molar-refractivity contribution is -0.122. The molecule has 28 heavy (non-hydrogen) atoms. The number of likely N-dealkylation sites (N-methyl/N-ethyl adjacent to an activating group) is 1. The Bertz CT molecular complexity index is 743. The number of hydrogen-bond acceptors (Lipinski definition) is 4. The van der Waals surface area contributed by atoms with Crippen LogP contribution >= 0.6 is 38.5 Å². The highest BCUT2D eigenvalue weighted by Crippen LogP contribution is 2.21. The van der Waals surface area contributed by atoms with E-state index in [-0.39, 0.29) is 18.6 Å². The molecule has 2 aromatic carbocycles. The third-order valence-corrected chi connectivity index (χ3v) is 5.89. The third-order valence-electron chi connectivity index (χ3n) is 4.34. The van der Waals surface area contributed by atoms with E-state index >= 15 is 0 Å². The summed E-state index contributed by atoms with van der Waals surface area (Å²) in [7, 11) is 3.33. The van der Waals surface area contributed by atoms with Crippen LogP contribution in [0.5, 0.6) is 5.75 Å². The van der Waals surface area contributed by atoms with Gasteiger partial charge in [0, 0.05) is 35.6 Å². The quantitative estimate of drug-likeness (QED) is 0.323. The number of rotatable bonds is 11. The van der Waals surface area contributed by atoms with Gasteiger partial charge in [-0.3, -0.25) is 4.79 Å². The first-order valence-corrected chi connectivity index (χ1v) is 11.4. The second-order valence-electron chi connectivity index (χ2n) is 6.35. The SMILES string of the molecule is CNC(=O)COc1ccc(CC(CI)NCC(OC)c2cccc(Br)c2)cc1. The number of methoxy groups -OCH3 is 1. The van der Waals surface area contributed by atoms with Crippen LogP contribution in [0.15, 0.2) is 53.0 Å². The van der Waals surface area contributed by atoms with Crippen LogP contribution in [0.1, 0.15) is 17.2 Å². The van der Waals surface area contributed by atoms with Crippen LogP contribution < -0.4 is 15.4 Å². The molecule has 0 heterocycles. The third kappa shape index (κ3) is 7.69. The molecule has 2 unspecified atom stereocenters. The van der Waals surface area contributed by atoms with Gasteiger partial charge in [-0.25, -0.2) is 0 Å². The number of benzene rings is 2. The second kappa shape index (κ2) is 12.4. The molecule has 2 N–H and O–H groups in total. The number of carbonyl (C=O) groups excluding carboxylic acids is 1. The summed E-state index contributed by atoms with van der Waals surface area (Å²) in [6.45, 7) is 0.774. The van der Waals surface area contributed by atoms with Crippen molar-refractivity contribution in [1.29, 1.82) is 0 Å². The van der Waals surface area contributed by atoms with Crippen LogP contribution in [0.2, 0.25) is 0 Å². The van der Waals surface area contributed by atoms with E-state index in [9.17, 15) is 4.79 Å². The molecule has 0 bridgehead atoms. The molecule has 0 radical (unpaired) electrons. The first-order valence-electron chi connectivity index (χ1n) is 9.05. The number of halogens is 2. The molecule has 0 aliphatic heterocycles. The van der Waals surface area contributed by atoms with E-state index in [0.29, 0.717) is 11.8 Å². The Morgan fingerprint density at radius 3 is 2.57 bits per heavy atom. The summed E-state index contributed by atoms with van der Waals surface area (Å²) in [5, 5.41) is 6.15. The van der Waals surface area contributed by atoms with Crippen molar-refractivity contribution in [2.24, 2.45) is 0 Å². The Kier molecular flexibility index (Phi) is 10.3. The molecule has 0 saturated heterocycles. The van der Waals surface area contributed by atoms with Gasteiger partial charge in [0.05, 0.1) is 6.10 Å². The van der Waals surface area contributed by atoms with E-state index < -0.39 is 0 Å². The molecular weight excluding hydrogens is 535 g/mol. The van der Waals surface area contributed by atoms with Crippen LogP contribution in [0.4, 0.5) is 0 Å². The van der Waals surface area contributed by atoms with Gasteiger partial charge >= 0.3 is 0 Å². The maximum absolute atomic E-state index is 11.3. The molecule has 2 atom stereocenters. The molecule has 0 aliphatic carbocycles. The minimum Gasteiger partial charge on any atom is -0.484 e. The number of carbonyl (C=O) groups is 1. The normalized spacial score (nSPS) is 13.0. The summed E-state index contributed by atoms with van der Waals surface area (Å²) >= 11 is 5.92. The minimum absolute atomic E-state index is 0.00318. The smallest absolute Gasteiger partial charge is 0.257 e. The fourth-order valence-corrected chi connectivity index (χ4v) is 3.77. The predicted octanol–water partition coefficient (Wildman–Crippen LogP) is 3.90. The molecule has 0 fully saturated rings. The highest BCUT2D eigenvalue weighted by atomic mass is 127. The monoisotopic (exact) mass is 560 g/mol. The summed E-state index contributed by atoms with van der Waals surface area (Å²) < 4.78 is 13.2. The number of amides is 1. The second-order valence-corrected chi connectivity index (χ2v) is 8.15. The van der Waals surface area contributed by atoms with E-state index in [2.05, 4.69) is 61.3 Å². The minimum atomic E-state index is -0.142. The fraction of sp³-hybridized carbons (Fsp3) is 0.381. The maximum Gasteiger partial charge on any atom is 0.257 e. The van der Waals surface area contributed by atoms with Crippen molar-refractivity contribution in [3.63, 3.8) is 0 Å². The molecular formula is C21H26BrIN2O3. The van der Waals surface area contributed by atoms with Gasteiger partial charge in [0.2, 0.25) is 0 Å². The van der Waals surface area contributed by atoms with Gasteiger partial charge < -0.3 is 20.1 Å². The lowest BCUT2D eigenvalue weighted by Gasteiger charge is -2.22. The highest BCUT2D eigenvalue weighted by molar-refractivity contribution is 14.1. The lowest BCUT2D eigenvalue weighted by Crippen LogP contribution is -2.36. The van der Waals surface area contributed by atoms with Crippen LogP contribution in [-0.4, -0.2) is 43.7 Å².